The number of benzene rings is 1. The molecule has 3 aromatic rings. The van der Waals surface area contributed by atoms with Crippen molar-refractivity contribution in [3.05, 3.63) is 52.5 Å². The number of hydrogen-bond donors (Lipinski definition) is 2. The summed E-state index contributed by atoms with van der Waals surface area (Å²) < 4.78 is 39.7. The zero-order valence-electron chi connectivity index (χ0n) is 19.4. The maximum Gasteiger partial charge on any atom is 0.416 e. The molecule has 2 aromatic heterocycles. The number of halogens is 2. The van der Waals surface area contributed by atoms with Crippen LogP contribution in [0.1, 0.15) is 19.3 Å². The van der Waals surface area contributed by atoms with E-state index in [4.69, 9.17) is 9.47 Å². The van der Waals surface area contributed by atoms with Gasteiger partial charge in [-0.25, -0.2) is 23.5 Å². The minimum atomic E-state index is -1.05. The molecule has 37 heavy (non-hydrogen) atoms. The van der Waals surface area contributed by atoms with E-state index in [0.717, 1.165) is 24.8 Å². The quantitative estimate of drug-likeness (QED) is 0.531. The second kappa shape index (κ2) is 9.07. The van der Waals surface area contributed by atoms with Crippen molar-refractivity contribution in [2.45, 2.75) is 44.0 Å². The standard InChI is InChI=1S/C24H22F2N6O5/c25-13-8-15-17(9-14(13)26)31(22(34)10-28-15)6-5-27-12-1-2-16-19(7-12)37-24(35)32(16)20-4-3-18-23(29-20)30-21(33)11-36-18/h3-4,8-10,12,16,19,27H,1-2,5-7,11H2,(H,29,30,33)/t12-,16-,19-/m1/s1. The second-order valence-corrected chi connectivity index (χ2v) is 9.18. The molecule has 4 heterocycles. The van der Waals surface area contributed by atoms with Gasteiger partial charge in [0.2, 0.25) is 0 Å². The largest absolute Gasteiger partial charge is 0.480 e. The minimum absolute atomic E-state index is 0.0242. The smallest absolute Gasteiger partial charge is 0.416 e. The lowest BCUT2D eigenvalue weighted by atomic mass is 9.88. The van der Waals surface area contributed by atoms with Gasteiger partial charge in [0.15, 0.2) is 29.8 Å². The fourth-order valence-electron chi connectivity index (χ4n) is 5.16. The van der Waals surface area contributed by atoms with E-state index in [0.29, 0.717) is 31.0 Å². The molecule has 0 unspecified atom stereocenters. The molecule has 0 radical (unpaired) electrons. The Morgan fingerprint density at radius 2 is 1.97 bits per heavy atom. The molecule has 2 fully saturated rings. The van der Waals surface area contributed by atoms with Gasteiger partial charge in [-0.3, -0.25) is 14.5 Å². The van der Waals surface area contributed by atoms with Gasteiger partial charge in [0.05, 0.1) is 23.3 Å². The molecule has 2 N–H and O–H groups in total. The van der Waals surface area contributed by atoms with Crippen molar-refractivity contribution >= 4 is 34.7 Å². The first kappa shape index (κ1) is 23.3. The Labute approximate surface area is 208 Å². The number of aromatic nitrogens is 3. The Balaban J connectivity index is 1.11. The number of hydrogen-bond acceptors (Lipinski definition) is 8. The Bertz CT molecular complexity index is 1480. The number of pyridine rings is 1. The molecule has 0 bridgehead atoms. The van der Waals surface area contributed by atoms with E-state index in [1.54, 1.807) is 12.1 Å². The Morgan fingerprint density at radius 1 is 1.14 bits per heavy atom. The highest BCUT2D eigenvalue weighted by Gasteiger charge is 2.46. The van der Waals surface area contributed by atoms with Crippen LogP contribution in [-0.4, -0.2) is 57.9 Å². The first-order valence-corrected chi connectivity index (χ1v) is 11.9. The monoisotopic (exact) mass is 512 g/mol. The summed E-state index contributed by atoms with van der Waals surface area (Å²) in [5.74, 6) is -1.30. The molecule has 1 aromatic carbocycles. The van der Waals surface area contributed by atoms with E-state index >= 15 is 0 Å². The summed E-state index contributed by atoms with van der Waals surface area (Å²) in [7, 11) is 0. The number of nitrogens with one attached hydrogen (secondary N) is 2. The van der Waals surface area contributed by atoms with Crippen LogP contribution in [0, 0.1) is 11.6 Å². The number of amides is 2. The summed E-state index contributed by atoms with van der Waals surface area (Å²) in [5, 5.41) is 6.02. The lowest BCUT2D eigenvalue weighted by Gasteiger charge is -2.33. The van der Waals surface area contributed by atoms with Crippen LogP contribution in [0.25, 0.3) is 11.0 Å². The van der Waals surface area contributed by atoms with E-state index in [9.17, 15) is 23.2 Å². The van der Waals surface area contributed by atoms with Gasteiger partial charge in [-0.05, 0) is 25.0 Å². The average molecular weight is 512 g/mol. The van der Waals surface area contributed by atoms with Crippen LogP contribution in [-0.2, 0) is 16.1 Å². The van der Waals surface area contributed by atoms with Crippen LogP contribution in [0.3, 0.4) is 0 Å². The van der Waals surface area contributed by atoms with Gasteiger partial charge in [-0.1, -0.05) is 0 Å². The number of carbonyl (C=O) groups is 2. The normalized spacial score (nSPS) is 22.8. The van der Waals surface area contributed by atoms with Gasteiger partial charge in [0.1, 0.15) is 11.9 Å². The van der Waals surface area contributed by atoms with Crippen LogP contribution in [0.4, 0.5) is 25.2 Å². The molecular weight excluding hydrogens is 490 g/mol. The van der Waals surface area contributed by atoms with Crippen LogP contribution in [0.5, 0.6) is 5.75 Å². The molecule has 11 nitrogen and oxygen atoms in total. The average Bonchev–Trinajstić information content (AvgIpc) is 3.21. The van der Waals surface area contributed by atoms with Crippen LogP contribution < -0.4 is 25.8 Å². The molecule has 1 saturated carbocycles. The van der Waals surface area contributed by atoms with E-state index in [-0.39, 0.29) is 54.1 Å². The molecule has 2 aliphatic heterocycles. The number of carbonyl (C=O) groups excluding carboxylic acids is 2. The van der Waals surface area contributed by atoms with Crippen LogP contribution in [0.15, 0.2) is 35.3 Å². The second-order valence-electron chi connectivity index (χ2n) is 9.18. The highest BCUT2D eigenvalue weighted by atomic mass is 19.2. The molecule has 13 heteroatoms. The van der Waals surface area contributed by atoms with E-state index in [1.807, 2.05) is 0 Å². The van der Waals surface area contributed by atoms with Crippen LogP contribution in [0.2, 0.25) is 0 Å². The maximum atomic E-state index is 13.8. The Hall–Kier alpha value is -4.13. The Morgan fingerprint density at radius 3 is 2.84 bits per heavy atom. The molecule has 0 spiro atoms. The first-order valence-electron chi connectivity index (χ1n) is 11.9. The molecule has 1 saturated heterocycles. The van der Waals surface area contributed by atoms with Crippen molar-refractivity contribution in [2.24, 2.45) is 0 Å². The molecular formula is C24H22F2N6O5. The van der Waals surface area contributed by atoms with Gasteiger partial charge in [0.25, 0.3) is 11.5 Å². The van der Waals surface area contributed by atoms with Crippen molar-refractivity contribution in [1.82, 2.24) is 19.9 Å². The summed E-state index contributed by atoms with van der Waals surface area (Å²) in [6.07, 6.45) is 2.18. The number of rotatable bonds is 5. The predicted molar refractivity (Wildman–Crippen MR) is 126 cm³/mol. The molecule has 3 atom stereocenters. The summed E-state index contributed by atoms with van der Waals surface area (Å²) >= 11 is 0. The summed E-state index contributed by atoms with van der Waals surface area (Å²) in [5.41, 5.74) is -0.00110. The van der Waals surface area contributed by atoms with Gasteiger partial charge in [-0.15, -0.1) is 0 Å². The van der Waals surface area contributed by atoms with Gasteiger partial charge < -0.3 is 24.7 Å². The summed E-state index contributed by atoms with van der Waals surface area (Å²) in [6.45, 7) is 0.538. The lowest BCUT2D eigenvalue weighted by molar-refractivity contribution is -0.118. The third kappa shape index (κ3) is 4.24. The van der Waals surface area contributed by atoms with Crippen molar-refractivity contribution in [3.63, 3.8) is 0 Å². The highest BCUT2D eigenvalue weighted by Crippen LogP contribution is 2.37. The van der Waals surface area contributed by atoms with Gasteiger partial charge >= 0.3 is 6.09 Å². The third-order valence-electron chi connectivity index (χ3n) is 6.90. The minimum Gasteiger partial charge on any atom is -0.480 e. The summed E-state index contributed by atoms with van der Waals surface area (Å²) in [4.78, 5) is 46.5. The van der Waals surface area contributed by atoms with Crippen molar-refractivity contribution in [1.29, 1.82) is 0 Å². The fourth-order valence-corrected chi connectivity index (χ4v) is 5.16. The molecule has 3 aliphatic rings. The van der Waals surface area contributed by atoms with Crippen molar-refractivity contribution in [3.8, 4) is 5.75 Å². The predicted octanol–water partition coefficient (Wildman–Crippen LogP) is 1.94. The van der Waals surface area contributed by atoms with Crippen molar-refractivity contribution < 1.29 is 27.8 Å². The topological polar surface area (TPSA) is 128 Å². The van der Waals surface area contributed by atoms with Gasteiger partial charge in [0, 0.05) is 37.7 Å². The van der Waals surface area contributed by atoms with Crippen LogP contribution >= 0.6 is 0 Å². The summed E-state index contributed by atoms with van der Waals surface area (Å²) in [6, 6.07) is 5.08. The number of ether oxygens (including phenoxy) is 2. The molecule has 192 valence electrons. The zero-order chi connectivity index (χ0) is 25.7. The number of fused-ring (bicyclic) bond motifs is 3. The zero-order valence-corrected chi connectivity index (χ0v) is 19.4. The molecule has 6 rings (SSSR count). The molecule has 2 amide bonds. The lowest BCUT2D eigenvalue weighted by Crippen LogP contribution is -2.46. The molecule has 1 aliphatic carbocycles. The fraction of sp³-hybridized carbons (Fsp3) is 0.375. The van der Waals surface area contributed by atoms with E-state index in [2.05, 4.69) is 20.6 Å². The van der Waals surface area contributed by atoms with Crippen molar-refractivity contribution in [2.75, 3.05) is 23.4 Å². The number of nitrogens with zero attached hydrogens (tertiary/aromatic N) is 4. The van der Waals surface area contributed by atoms with Gasteiger partial charge in [-0.2, -0.15) is 0 Å². The first-order chi connectivity index (χ1) is 17.9. The maximum absolute atomic E-state index is 13.8. The highest BCUT2D eigenvalue weighted by molar-refractivity contribution is 5.95. The van der Waals surface area contributed by atoms with E-state index in [1.165, 1.54) is 9.47 Å². The third-order valence-corrected chi connectivity index (χ3v) is 6.90. The SMILES string of the molecule is O=C1COc2ccc(N3C(=O)O[C@@H]4C[C@H](NCCn5c(=O)cnc6cc(F)c(F)cc65)CC[C@H]43)nc2N1. The van der Waals surface area contributed by atoms with E-state index < -0.39 is 23.3 Å². The Kier molecular flexibility index (Phi) is 5.71. The number of anilines is 2.